The van der Waals surface area contributed by atoms with E-state index in [4.69, 9.17) is 14.2 Å². The molecule has 0 spiro atoms. The number of hydrogen-bond acceptors (Lipinski definition) is 6. The van der Waals surface area contributed by atoms with Crippen LogP contribution in [0, 0.1) is 5.92 Å². The van der Waals surface area contributed by atoms with E-state index in [1.165, 1.54) is 19.4 Å². The molecule has 208 valence electrons. The monoisotopic (exact) mass is 548 g/mol. The Morgan fingerprint density at radius 3 is 2.08 bits per heavy atom. The van der Waals surface area contributed by atoms with E-state index in [0.717, 1.165) is 71.6 Å². The van der Waals surface area contributed by atoms with E-state index < -0.39 is 5.25 Å². The number of carbonyl (C=O) groups excluding carboxylic acids is 2. The zero-order valence-electron chi connectivity index (χ0n) is 23.7. The van der Waals surface area contributed by atoms with Gasteiger partial charge in [0.25, 0.3) is 0 Å². The topological polar surface area (TPSA) is 61.8 Å². The van der Waals surface area contributed by atoms with Gasteiger partial charge < -0.3 is 14.2 Å². The molecule has 0 aliphatic heterocycles. The third kappa shape index (κ3) is 10.1. The van der Waals surface area contributed by atoms with Gasteiger partial charge in [-0.2, -0.15) is 0 Å². The van der Waals surface area contributed by atoms with Crippen molar-refractivity contribution in [2.24, 2.45) is 5.92 Å². The van der Waals surface area contributed by atoms with Crippen LogP contribution in [0.15, 0.2) is 66.7 Å². The lowest BCUT2D eigenvalue weighted by Gasteiger charge is -2.15. The standard InChI is InChI=1S/C33H40O5S/c1-6-8-28-22-31(38-30-13-9-26(10-14-30)21-23(2)3)17-18-32(28)37-20-7-19-36-29-15-11-27(12-16-29)33(24(4)34)39-25(5)35/h9-18,22-23,33H,6-8,19-21H2,1-5H3. The van der Waals surface area contributed by atoms with Gasteiger partial charge >= 0.3 is 0 Å². The minimum Gasteiger partial charge on any atom is -0.493 e. The second-order valence-corrected chi connectivity index (χ2v) is 11.4. The van der Waals surface area contributed by atoms with E-state index in [9.17, 15) is 9.59 Å². The summed E-state index contributed by atoms with van der Waals surface area (Å²) in [5.74, 6) is 3.82. The Labute approximate surface area is 237 Å². The molecular formula is C33H40O5S. The third-order valence-corrected chi connectivity index (χ3v) is 7.18. The highest BCUT2D eigenvalue weighted by Crippen LogP contribution is 2.32. The first-order valence-corrected chi connectivity index (χ1v) is 14.6. The van der Waals surface area contributed by atoms with Crippen molar-refractivity contribution in [1.82, 2.24) is 0 Å². The molecule has 0 radical (unpaired) electrons. The van der Waals surface area contributed by atoms with Gasteiger partial charge in [-0.15, -0.1) is 0 Å². The quantitative estimate of drug-likeness (QED) is 0.178. The van der Waals surface area contributed by atoms with Crippen molar-refractivity contribution in [3.63, 3.8) is 0 Å². The molecule has 0 N–H and O–H groups in total. The zero-order chi connectivity index (χ0) is 28.2. The molecule has 1 atom stereocenters. The SMILES string of the molecule is CCCc1cc(Oc2ccc(CC(C)C)cc2)ccc1OCCCOc1ccc(C(SC(C)=O)C(C)=O)cc1. The Hall–Kier alpha value is -3.25. The Bertz CT molecular complexity index is 1200. The molecule has 6 heteroatoms. The van der Waals surface area contributed by atoms with Crippen LogP contribution in [0.2, 0.25) is 0 Å². The number of carbonyl (C=O) groups is 2. The van der Waals surface area contributed by atoms with Crippen LogP contribution in [0.3, 0.4) is 0 Å². The van der Waals surface area contributed by atoms with Crippen LogP contribution < -0.4 is 14.2 Å². The summed E-state index contributed by atoms with van der Waals surface area (Å²) in [6, 6.07) is 21.7. The van der Waals surface area contributed by atoms with E-state index >= 15 is 0 Å². The Kier molecular flexibility index (Phi) is 11.9. The molecule has 39 heavy (non-hydrogen) atoms. The Morgan fingerprint density at radius 1 is 0.821 bits per heavy atom. The minimum atomic E-state index is -0.477. The number of ether oxygens (including phenoxy) is 3. The second kappa shape index (κ2) is 15.4. The van der Waals surface area contributed by atoms with Crippen LogP contribution in [-0.4, -0.2) is 24.1 Å². The van der Waals surface area contributed by atoms with E-state index in [0.29, 0.717) is 19.1 Å². The molecule has 1 unspecified atom stereocenters. The molecule has 3 rings (SSSR count). The lowest BCUT2D eigenvalue weighted by Crippen LogP contribution is -2.08. The fourth-order valence-corrected chi connectivity index (χ4v) is 5.04. The number of ketones is 1. The van der Waals surface area contributed by atoms with Crippen molar-refractivity contribution >= 4 is 22.7 Å². The molecule has 0 bridgehead atoms. The molecule has 3 aromatic carbocycles. The van der Waals surface area contributed by atoms with Gasteiger partial charge in [-0.3, -0.25) is 9.59 Å². The van der Waals surface area contributed by atoms with Gasteiger partial charge in [0.1, 0.15) is 28.8 Å². The summed E-state index contributed by atoms with van der Waals surface area (Å²) in [4.78, 5) is 23.4. The van der Waals surface area contributed by atoms with Crippen molar-refractivity contribution in [3.8, 4) is 23.0 Å². The summed E-state index contributed by atoms with van der Waals surface area (Å²) in [7, 11) is 0. The number of Topliss-reactive ketones (excluding diaryl/α,β-unsaturated/α-hetero) is 1. The largest absolute Gasteiger partial charge is 0.493 e. The van der Waals surface area contributed by atoms with E-state index in [-0.39, 0.29) is 10.9 Å². The summed E-state index contributed by atoms with van der Waals surface area (Å²) in [6.45, 7) is 10.6. The first kappa shape index (κ1) is 30.3. The first-order valence-electron chi connectivity index (χ1n) is 13.7. The number of thioether (sulfide) groups is 1. The molecular weight excluding hydrogens is 508 g/mol. The van der Waals surface area contributed by atoms with Crippen molar-refractivity contribution in [1.29, 1.82) is 0 Å². The predicted octanol–water partition coefficient (Wildman–Crippen LogP) is 8.39. The normalized spacial score (nSPS) is 11.7. The molecule has 0 saturated heterocycles. The lowest BCUT2D eigenvalue weighted by molar-refractivity contribution is -0.117. The highest BCUT2D eigenvalue weighted by atomic mass is 32.2. The molecule has 3 aromatic rings. The van der Waals surface area contributed by atoms with E-state index in [2.05, 4.69) is 39.0 Å². The molecule has 0 aliphatic rings. The fraction of sp³-hybridized carbons (Fsp3) is 0.394. The lowest BCUT2D eigenvalue weighted by atomic mass is 10.0. The van der Waals surface area contributed by atoms with Crippen molar-refractivity contribution < 1.29 is 23.8 Å². The second-order valence-electron chi connectivity index (χ2n) is 10.1. The van der Waals surface area contributed by atoms with Crippen LogP contribution in [0.1, 0.15) is 69.4 Å². The van der Waals surface area contributed by atoms with E-state index in [1.54, 1.807) is 0 Å². The number of aryl methyl sites for hydroxylation is 1. The Morgan fingerprint density at radius 2 is 1.46 bits per heavy atom. The fourth-order valence-electron chi connectivity index (χ4n) is 4.25. The van der Waals surface area contributed by atoms with Crippen LogP contribution in [-0.2, 0) is 22.4 Å². The summed E-state index contributed by atoms with van der Waals surface area (Å²) >= 11 is 1.04. The van der Waals surface area contributed by atoms with Crippen molar-refractivity contribution in [3.05, 3.63) is 83.4 Å². The molecule has 0 aliphatic carbocycles. The highest BCUT2D eigenvalue weighted by molar-refractivity contribution is 8.14. The molecule has 0 aromatic heterocycles. The summed E-state index contributed by atoms with van der Waals surface area (Å²) in [5, 5.41) is -0.555. The molecule has 0 saturated carbocycles. The summed E-state index contributed by atoms with van der Waals surface area (Å²) in [6.07, 6.45) is 3.71. The number of benzene rings is 3. The highest BCUT2D eigenvalue weighted by Gasteiger charge is 2.19. The van der Waals surface area contributed by atoms with Gasteiger partial charge in [0.2, 0.25) is 0 Å². The van der Waals surface area contributed by atoms with Gasteiger partial charge in [0.05, 0.1) is 18.5 Å². The molecule has 0 fully saturated rings. The molecule has 0 heterocycles. The van der Waals surface area contributed by atoms with Crippen LogP contribution in [0.5, 0.6) is 23.0 Å². The molecule has 5 nitrogen and oxygen atoms in total. The summed E-state index contributed by atoms with van der Waals surface area (Å²) in [5.41, 5.74) is 3.25. The smallest absolute Gasteiger partial charge is 0.186 e. The predicted molar refractivity (Wildman–Crippen MR) is 159 cm³/mol. The van der Waals surface area contributed by atoms with Gasteiger partial charge in [-0.1, -0.05) is 63.2 Å². The molecule has 0 amide bonds. The van der Waals surface area contributed by atoms with Gasteiger partial charge in [0.15, 0.2) is 5.12 Å². The van der Waals surface area contributed by atoms with Crippen LogP contribution >= 0.6 is 11.8 Å². The van der Waals surface area contributed by atoms with Gasteiger partial charge in [0, 0.05) is 13.3 Å². The maximum Gasteiger partial charge on any atom is 0.186 e. The van der Waals surface area contributed by atoms with Crippen LogP contribution in [0.4, 0.5) is 0 Å². The maximum absolute atomic E-state index is 11.9. The van der Waals surface area contributed by atoms with E-state index in [1.807, 2.05) is 48.5 Å². The Balaban J connectivity index is 1.49. The minimum absolute atomic E-state index is 0.0428. The average molecular weight is 549 g/mol. The number of rotatable bonds is 15. The third-order valence-electron chi connectivity index (χ3n) is 6.01. The zero-order valence-corrected chi connectivity index (χ0v) is 24.5. The summed E-state index contributed by atoms with van der Waals surface area (Å²) < 4.78 is 18.1. The average Bonchev–Trinajstić information content (AvgIpc) is 2.89. The van der Waals surface area contributed by atoms with Crippen molar-refractivity contribution in [2.45, 2.75) is 65.6 Å². The van der Waals surface area contributed by atoms with Crippen LogP contribution in [0.25, 0.3) is 0 Å². The maximum atomic E-state index is 11.9. The van der Waals surface area contributed by atoms with Gasteiger partial charge in [-0.25, -0.2) is 0 Å². The first-order chi connectivity index (χ1) is 18.7. The van der Waals surface area contributed by atoms with Crippen molar-refractivity contribution in [2.75, 3.05) is 13.2 Å². The number of hydrogen-bond donors (Lipinski definition) is 0. The van der Waals surface area contributed by atoms with Gasteiger partial charge in [-0.05, 0) is 84.8 Å².